The number of carbonyl (C=O) groups is 1. The minimum absolute atomic E-state index is 0.310. The molecule has 0 spiro atoms. The molecule has 2 amide bonds. The van der Waals surface area contributed by atoms with Crippen molar-refractivity contribution in [3.8, 4) is 5.75 Å². The minimum Gasteiger partial charge on any atom is -0.495 e. The van der Waals surface area contributed by atoms with Gasteiger partial charge in [-0.05, 0) is 57.1 Å². The molecule has 4 rings (SSSR count). The second kappa shape index (κ2) is 8.98. The molecule has 2 aromatic carbocycles. The Morgan fingerprint density at radius 1 is 1.12 bits per heavy atom. The lowest BCUT2D eigenvalue weighted by molar-refractivity contribution is -0.139. The van der Waals surface area contributed by atoms with Gasteiger partial charge in [0.25, 0.3) is 0 Å². The van der Waals surface area contributed by atoms with E-state index in [9.17, 15) is 22.4 Å². The largest absolute Gasteiger partial charge is 0.495 e. The molecule has 1 fully saturated rings. The molecule has 34 heavy (non-hydrogen) atoms. The first kappa shape index (κ1) is 24.1. The normalized spacial score (nSPS) is 20.9. The Labute approximate surface area is 196 Å². The van der Waals surface area contributed by atoms with Crippen molar-refractivity contribution in [2.45, 2.75) is 38.5 Å². The summed E-state index contributed by atoms with van der Waals surface area (Å²) >= 11 is 0. The van der Waals surface area contributed by atoms with Crippen LogP contribution in [-0.2, 0) is 12.6 Å². The number of rotatable bonds is 3. The predicted octanol–water partition coefficient (Wildman–Crippen LogP) is 4.98. The zero-order valence-electron chi connectivity index (χ0n) is 19.5. The van der Waals surface area contributed by atoms with Gasteiger partial charge in [0, 0.05) is 31.7 Å². The minimum atomic E-state index is -4.85. The molecule has 2 heterocycles. The zero-order chi connectivity index (χ0) is 24.8. The van der Waals surface area contributed by atoms with Crippen LogP contribution in [0, 0.1) is 5.82 Å². The lowest BCUT2D eigenvalue weighted by Gasteiger charge is -2.44. The third kappa shape index (κ3) is 4.38. The van der Waals surface area contributed by atoms with Crippen molar-refractivity contribution in [1.82, 2.24) is 4.90 Å². The van der Waals surface area contributed by atoms with E-state index in [0.29, 0.717) is 42.6 Å². The van der Waals surface area contributed by atoms with Crippen LogP contribution >= 0.6 is 0 Å². The number of ether oxygens (including phenoxy) is 1. The number of hydrogen-bond acceptors (Lipinski definition) is 4. The van der Waals surface area contributed by atoms with Crippen molar-refractivity contribution >= 4 is 23.1 Å². The van der Waals surface area contributed by atoms with Gasteiger partial charge in [-0.1, -0.05) is 6.07 Å². The molecular weight excluding hydrogens is 452 g/mol. The second-order valence-corrected chi connectivity index (χ2v) is 8.92. The molecule has 0 aromatic heterocycles. The molecule has 2 atom stereocenters. The van der Waals surface area contributed by atoms with Crippen molar-refractivity contribution in [1.29, 1.82) is 0 Å². The van der Waals surface area contributed by atoms with Gasteiger partial charge >= 0.3 is 12.2 Å². The Bertz CT molecular complexity index is 1080. The average molecular weight is 481 g/mol. The average Bonchev–Trinajstić information content (AvgIpc) is 3.19. The lowest BCUT2D eigenvalue weighted by atomic mass is 10.1. The van der Waals surface area contributed by atoms with Crippen LogP contribution in [0.4, 0.5) is 39.4 Å². The third-order valence-corrected chi connectivity index (χ3v) is 6.77. The number of fused-ring (bicyclic) bond motifs is 1. The van der Waals surface area contributed by atoms with Crippen LogP contribution in [0.25, 0.3) is 0 Å². The van der Waals surface area contributed by atoms with Crippen LogP contribution in [0.2, 0.25) is 0 Å². The maximum Gasteiger partial charge on any atom is 0.419 e. The standard InChI is InChI=1S/C24H28F4N4O2/c1-14-12-31(13-15(2)30(14)3)20-11-19-16(10-21(20)34-4)8-9-32(19)23(33)29-18-7-5-6-17(22(18)25)24(26,27)28/h5-7,10-11,14-15H,8-9,12-13H2,1-4H3,(H,29,33)/t14-,15+. The van der Waals surface area contributed by atoms with Gasteiger partial charge in [0.1, 0.15) is 5.75 Å². The highest BCUT2D eigenvalue weighted by atomic mass is 19.4. The number of piperazine rings is 1. The number of likely N-dealkylation sites (N-methyl/N-ethyl adjacent to an activating group) is 1. The van der Waals surface area contributed by atoms with Gasteiger partial charge in [-0.15, -0.1) is 0 Å². The number of urea groups is 1. The highest BCUT2D eigenvalue weighted by Crippen LogP contribution is 2.41. The van der Waals surface area contributed by atoms with E-state index >= 15 is 0 Å². The van der Waals surface area contributed by atoms with Gasteiger partial charge in [0.15, 0.2) is 5.82 Å². The quantitative estimate of drug-likeness (QED) is 0.630. The smallest absolute Gasteiger partial charge is 0.419 e. The van der Waals surface area contributed by atoms with Crippen LogP contribution in [0.1, 0.15) is 25.0 Å². The number of nitrogens with zero attached hydrogens (tertiary/aromatic N) is 3. The van der Waals surface area contributed by atoms with Gasteiger partial charge in [0.05, 0.1) is 29.7 Å². The highest BCUT2D eigenvalue weighted by Gasteiger charge is 2.36. The van der Waals surface area contributed by atoms with E-state index in [-0.39, 0.29) is 0 Å². The van der Waals surface area contributed by atoms with Gasteiger partial charge in [-0.25, -0.2) is 9.18 Å². The molecule has 0 unspecified atom stereocenters. The molecule has 184 valence electrons. The summed E-state index contributed by atoms with van der Waals surface area (Å²) in [5.41, 5.74) is 0.439. The van der Waals surface area contributed by atoms with Crippen molar-refractivity contribution in [3.05, 3.63) is 47.3 Å². The van der Waals surface area contributed by atoms with E-state index in [4.69, 9.17) is 4.74 Å². The molecule has 2 aliphatic rings. The molecule has 10 heteroatoms. The van der Waals surface area contributed by atoms with Gasteiger partial charge < -0.3 is 15.0 Å². The number of halogens is 4. The topological polar surface area (TPSA) is 48.1 Å². The van der Waals surface area contributed by atoms with Crippen molar-refractivity contribution < 1.29 is 27.1 Å². The van der Waals surface area contributed by atoms with Crippen LogP contribution in [-0.4, -0.2) is 56.8 Å². The summed E-state index contributed by atoms with van der Waals surface area (Å²) in [4.78, 5) is 18.9. The Morgan fingerprint density at radius 3 is 2.41 bits per heavy atom. The van der Waals surface area contributed by atoms with Crippen molar-refractivity contribution in [2.24, 2.45) is 0 Å². The van der Waals surface area contributed by atoms with E-state index in [1.165, 1.54) is 4.90 Å². The number of benzene rings is 2. The Morgan fingerprint density at radius 2 is 1.79 bits per heavy atom. The van der Waals surface area contributed by atoms with Gasteiger partial charge in [-0.3, -0.25) is 9.80 Å². The number of hydrogen-bond donors (Lipinski definition) is 1. The highest BCUT2D eigenvalue weighted by molar-refractivity contribution is 6.03. The van der Waals surface area contributed by atoms with Crippen LogP contribution in [0.15, 0.2) is 30.3 Å². The number of amides is 2. The Kier molecular flexibility index (Phi) is 6.37. The second-order valence-electron chi connectivity index (χ2n) is 8.92. The van der Waals surface area contributed by atoms with Crippen LogP contribution in [0.3, 0.4) is 0 Å². The van der Waals surface area contributed by atoms with E-state index in [2.05, 4.69) is 36.0 Å². The van der Waals surface area contributed by atoms with Crippen LogP contribution < -0.4 is 19.9 Å². The third-order valence-electron chi connectivity index (χ3n) is 6.77. The number of anilines is 3. The molecule has 0 saturated carbocycles. The number of carbonyl (C=O) groups excluding carboxylic acids is 1. The van der Waals surface area contributed by atoms with Crippen molar-refractivity contribution in [3.63, 3.8) is 0 Å². The lowest BCUT2D eigenvalue weighted by Crippen LogP contribution is -2.55. The first-order valence-electron chi connectivity index (χ1n) is 11.1. The maximum atomic E-state index is 14.4. The molecule has 1 N–H and O–H groups in total. The van der Waals surface area contributed by atoms with E-state index < -0.39 is 29.3 Å². The first-order valence-corrected chi connectivity index (χ1v) is 11.1. The summed E-state index contributed by atoms with van der Waals surface area (Å²) in [5, 5.41) is 2.31. The van der Waals surface area contributed by atoms with Gasteiger partial charge in [-0.2, -0.15) is 13.2 Å². The summed E-state index contributed by atoms with van der Waals surface area (Å²) in [5.74, 6) is -0.799. The van der Waals surface area contributed by atoms with Gasteiger partial charge in [0.2, 0.25) is 0 Å². The molecule has 0 aliphatic carbocycles. The fourth-order valence-corrected chi connectivity index (χ4v) is 4.66. The molecule has 0 radical (unpaired) electrons. The Hall–Kier alpha value is -3.01. The molecular formula is C24H28F4N4O2. The SMILES string of the molecule is COc1cc2c(cc1N1C[C@@H](C)N(C)[C@@H](C)C1)N(C(=O)Nc1cccc(C(F)(F)F)c1F)CC2. The van der Waals surface area contributed by atoms with Crippen LogP contribution in [0.5, 0.6) is 5.75 Å². The summed E-state index contributed by atoms with van der Waals surface area (Å²) in [6, 6.07) is 6.55. The zero-order valence-corrected chi connectivity index (χ0v) is 19.5. The summed E-state index contributed by atoms with van der Waals surface area (Å²) in [6.45, 7) is 6.16. The maximum absolute atomic E-state index is 14.4. The molecule has 6 nitrogen and oxygen atoms in total. The van der Waals surface area contributed by atoms with E-state index in [1.54, 1.807) is 7.11 Å². The number of alkyl halides is 3. The summed E-state index contributed by atoms with van der Waals surface area (Å²) < 4.78 is 59.2. The molecule has 0 bridgehead atoms. The molecule has 1 saturated heterocycles. The summed E-state index contributed by atoms with van der Waals surface area (Å²) in [6.07, 6.45) is -4.30. The molecule has 2 aromatic rings. The van der Waals surface area contributed by atoms with E-state index in [1.807, 2.05) is 12.1 Å². The predicted molar refractivity (Wildman–Crippen MR) is 123 cm³/mol. The monoisotopic (exact) mass is 480 g/mol. The fraction of sp³-hybridized carbons (Fsp3) is 0.458. The number of nitrogens with one attached hydrogen (secondary N) is 1. The number of methoxy groups -OCH3 is 1. The summed E-state index contributed by atoms with van der Waals surface area (Å²) in [7, 11) is 3.69. The van der Waals surface area contributed by atoms with Crippen molar-refractivity contribution in [2.75, 3.05) is 48.9 Å². The van der Waals surface area contributed by atoms with E-state index in [0.717, 1.165) is 36.5 Å². The fourth-order valence-electron chi connectivity index (χ4n) is 4.66. The Balaban J connectivity index is 1.62. The first-order chi connectivity index (χ1) is 16.0. The molecule has 2 aliphatic heterocycles.